The third kappa shape index (κ3) is 5.37. The number of nitrogens with one attached hydrogen (secondary N) is 1. The van der Waals surface area contributed by atoms with Crippen LogP contribution in [0.1, 0.15) is 15.9 Å². The van der Waals surface area contributed by atoms with Gasteiger partial charge in [0.1, 0.15) is 11.4 Å². The van der Waals surface area contributed by atoms with E-state index in [4.69, 9.17) is 16.7 Å². The van der Waals surface area contributed by atoms with Crippen LogP contribution < -0.4 is 5.32 Å². The van der Waals surface area contributed by atoms with Crippen molar-refractivity contribution in [2.24, 2.45) is 0 Å². The van der Waals surface area contributed by atoms with Crippen LogP contribution in [0.5, 0.6) is 5.75 Å². The minimum Gasteiger partial charge on any atom is -0.508 e. The van der Waals surface area contributed by atoms with Gasteiger partial charge in [-0.2, -0.15) is 18.3 Å². The molecular formula is C28H18ClF3N4O2. The van der Waals surface area contributed by atoms with Crippen LogP contribution in [-0.2, 0) is 6.18 Å². The second-order valence-electron chi connectivity index (χ2n) is 8.35. The van der Waals surface area contributed by atoms with Gasteiger partial charge in [0, 0.05) is 46.0 Å². The Bertz CT molecular complexity index is 1610. The average Bonchev–Trinajstić information content (AvgIpc) is 3.34. The maximum atomic E-state index is 13.1. The molecule has 190 valence electrons. The Morgan fingerprint density at radius 1 is 0.921 bits per heavy atom. The molecule has 0 fully saturated rings. The number of hydrogen-bond acceptors (Lipinski definition) is 4. The number of amides is 1. The summed E-state index contributed by atoms with van der Waals surface area (Å²) < 4.78 is 40.8. The van der Waals surface area contributed by atoms with Gasteiger partial charge in [-0.25, -0.2) is 4.68 Å². The fraction of sp³-hybridized carbons (Fsp3) is 0.0357. The molecule has 0 unspecified atom stereocenters. The predicted octanol–water partition coefficient (Wildman–Crippen LogP) is 7.23. The fourth-order valence-corrected chi connectivity index (χ4v) is 4.17. The maximum Gasteiger partial charge on any atom is 0.416 e. The van der Waals surface area contributed by atoms with Gasteiger partial charge in [0.25, 0.3) is 5.91 Å². The number of benzene rings is 3. The molecule has 5 rings (SSSR count). The zero-order valence-electron chi connectivity index (χ0n) is 19.4. The normalized spacial score (nSPS) is 11.4. The Morgan fingerprint density at radius 2 is 1.68 bits per heavy atom. The highest BCUT2D eigenvalue weighted by Gasteiger charge is 2.31. The van der Waals surface area contributed by atoms with Gasteiger partial charge in [-0.05, 0) is 72.3 Å². The maximum absolute atomic E-state index is 13.1. The highest BCUT2D eigenvalue weighted by atomic mass is 35.5. The summed E-state index contributed by atoms with van der Waals surface area (Å²) in [5, 5.41) is 17.8. The van der Waals surface area contributed by atoms with Gasteiger partial charge in [0.15, 0.2) is 0 Å². The van der Waals surface area contributed by atoms with Crippen molar-refractivity contribution in [3.8, 4) is 33.8 Å². The first-order valence-corrected chi connectivity index (χ1v) is 11.6. The fourth-order valence-electron chi connectivity index (χ4n) is 3.94. The molecule has 0 aliphatic heterocycles. The molecule has 6 nitrogen and oxygen atoms in total. The lowest BCUT2D eigenvalue weighted by Crippen LogP contribution is -2.14. The number of pyridine rings is 1. The number of phenolic OH excluding ortho intramolecular Hbond substituents is 1. The van der Waals surface area contributed by atoms with Crippen molar-refractivity contribution < 1.29 is 23.1 Å². The third-order valence-corrected chi connectivity index (χ3v) is 5.90. The van der Waals surface area contributed by atoms with E-state index >= 15 is 0 Å². The van der Waals surface area contributed by atoms with Crippen molar-refractivity contribution in [2.75, 3.05) is 5.32 Å². The largest absolute Gasteiger partial charge is 0.508 e. The first kappa shape index (κ1) is 25.0. The summed E-state index contributed by atoms with van der Waals surface area (Å²) in [6.45, 7) is 0. The molecule has 2 aromatic heterocycles. The van der Waals surface area contributed by atoms with Crippen molar-refractivity contribution in [1.82, 2.24) is 14.8 Å². The van der Waals surface area contributed by atoms with Crippen LogP contribution in [0.3, 0.4) is 0 Å². The lowest BCUT2D eigenvalue weighted by Gasteiger charge is -2.10. The number of phenols is 1. The highest BCUT2D eigenvalue weighted by Crippen LogP contribution is 2.35. The molecule has 0 saturated carbocycles. The van der Waals surface area contributed by atoms with Crippen molar-refractivity contribution in [3.05, 3.63) is 114 Å². The van der Waals surface area contributed by atoms with E-state index in [1.165, 1.54) is 18.2 Å². The molecule has 0 bridgehead atoms. The van der Waals surface area contributed by atoms with Crippen LogP contribution in [0.4, 0.5) is 18.9 Å². The lowest BCUT2D eigenvalue weighted by atomic mass is 10.0. The van der Waals surface area contributed by atoms with E-state index in [0.717, 1.165) is 23.3 Å². The van der Waals surface area contributed by atoms with Gasteiger partial charge in [-0.3, -0.25) is 9.78 Å². The van der Waals surface area contributed by atoms with E-state index in [1.54, 1.807) is 59.7 Å². The van der Waals surface area contributed by atoms with Crippen molar-refractivity contribution in [3.63, 3.8) is 0 Å². The standard InChI is InChI=1S/C28H18ClF3N4O2/c29-21-12-19(13-24(37)14-21)26-25(17-7-9-33-10-8-17)16-36(35-26)23-6-2-5-22(15-23)34-27(38)18-3-1-4-20(11-18)28(30,31)32/h1-16,37H,(H,34,38). The first-order chi connectivity index (χ1) is 18.2. The second-order valence-corrected chi connectivity index (χ2v) is 8.79. The number of hydrogen-bond donors (Lipinski definition) is 2. The summed E-state index contributed by atoms with van der Waals surface area (Å²) >= 11 is 6.17. The quantitative estimate of drug-likeness (QED) is 0.249. The van der Waals surface area contributed by atoms with E-state index in [2.05, 4.69) is 10.3 Å². The molecule has 0 atom stereocenters. The molecular weight excluding hydrogens is 517 g/mol. The molecule has 0 aliphatic carbocycles. The van der Waals surface area contributed by atoms with Crippen molar-refractivity contribution in [2.45, 2.75) is 6.18 Å². The molecule has 38 heavy (non-hydrogen) atoms. The number of aromatic hydroxyl groups is 1. The number of halogens is 4. The number of carbonyl (C=O) groups excluding carboxylic acids is 1. The smallest absolute Gasteiger partial charge is 0.416 e. The molecule has 0 saturated heterocycles. The Morgan fingerprint density at radius 3 is 2.42 bits per heavy atom. The second kappa shape index (κ2) is 10.0. The third-order valence-electron chi connectivity index (χ3n) is 5.68. The molecule has 10 heteroatoms. The van der Waals surface area contributed by atoms with Gasteiger partial charge in [0.05, 0.1) is 11.3 Å². The van der Waals surface area contributed by atoms with E-state index in [9.17, 15) is 23.1 Å². The predicted molar refractivity (Wildman–Crippen MR) is 138 cm³/mol. The molecule has 3 aromatic carbocycles. The average molecular weight is 535 g/mol. The molecule has 2 N–H and O–H groups in total. The van der Waals surface area contributed by atoms with Gasteiger partial charge >= 0.3 is 6.18 Å². The monoisotopic (exact) mass is 534 g/mol. The summed E-state index contributed by atoms with van der Waals surface area (Å²) in [7, 11) is 0. The zero-order chi connectivity index (χ0) is 26.9. The summed E-state index contributed by atoms with van der Waals surface area (Å²) in [4.78, 5) is 16.7. The Labute approximate surface area is 220 Å². The Kier molecular flexibility index (Phi) is 6.61. The van der Waals surface area contributed by atoms with E-state index < -0.39 is 17.6 Å². The first-order valence-electron chi connectivity index (χ1n) is 11.3. The molecule has 0 spiro atoms. The van der Waals surface area contributed by atoms with Crippen LogP contribution in [0.2, 0.25) is 5.02 Å². The Balaban J connectivity index is 1.50. The number of anilines is 1. The summed E-state index contributed by atoms with van der Waals surface area (Å²) in [5.41, 5.74) is 2.64. The summed E-state index contributed by atoms with van der Waals surface area (Å²) in [6, 6.07) is 19.2. The van der Waals surface area contributed by atoms with Gasteiger partial charge < -0.3 is 10.4 Å². The van der Waals surface area contributed by atoms with Gasteiger partial charge in [0.2, 0.25) is 0 Å². The van der Waals surface area contributed by atoms with Crippen LogP contribution in [-0.4, -0.2) is 25.8 Å². The summed E-state index contributed by atoms with van der Waals surface area (Å²) in [6.07, 6.45) is 0.530. The zero-order valence-corrected chi connectivity index (χ0v) is 20.2. The van der Waals surface area contributed by atoms with Crippen molar-refractivity contribution >= 4 is 23.2 Å². The minimum absolute atomic E-state index is 0.0120. The summed E-state index contributed by atoms with van der Waals surface area (Å²) in [5.74, 6) is -0.691. The van der Waals surface area contributed by atoms with Gasteiger partial charge in [-0.15, -0.1) is 0 Å². The van der Waals surface area contributed by atoms with Crippen LogP contribution in [0.25, 0.3) is 28.1 Å². The number of alkyl halides is 3. The number of rotatable bonds is 5. The SMILES string of the molecule is O=C(Nc1cccc(-n2cc(-c3ccncc3)c(-c3cc(O)cc(Cl)c3)n2)c1)c1cccc(C(F)(F)F)c1. The van der Waals surface area contributed by atoms with Gasteiger partial charge in [-0.1, -0.05) is 23.7 Å². The van der Waals surface area contributed by atoms with Crippen molar-refractivity contribution in [1.29, 1.82) is 0 Å². The van der Waals surface area contributed by atoms with Crippen LogP contribution >= 0.6 is 11.6 Å². The van der Waals surface area contributed by atoms with Crippen LogP contribution in [0, 0.1) is 0 Å². The minimum atomic E-state index is -4.56. The molecule has 5 aromatic rings. The Hall–Kier alpha value is -4.63. The molecule has 0 aliphatic rings. The van der Waals surface area contributed by atoms with Crippen LogP contribution in [0.15, 0.2) is 97.5 Å². The van der Waals surface area contributed by atoms with E-state index in [0.29, 0.717) is 27.7 Å². The van der Waals surface area contributed by atoms with E-state index in [1.807, 2.05) is 12.1 Å². The molecule has 0 radical (unpaired) electrons. The molecule has 1 amide bonds. The molecule has 2 heterocycles. The lowest BCUT2D eigenvalue weighted by molar-refractivity contribution is -0.137. The number of aromatic nitrogens is 3. The topological polar surface area (TPSA) is 80.0 Å². The van der Waals surface area contributed by atoms with E-state index in [-0.39, 0.29) is 11.3 Å². The number of carbonyl (C=O) groups is 1. The highest BCUT2D eigenvalue weighted by molar-refractivity contribution is 6.31. The number of nitrogens with zero attached hydrogens (tertiary/aromatic N) is 3.